The van der Waals surface area contributed by atoms with Crippen molar-refractivity contribution in [2.24, 2.45) is 0 Å². The van der Waals surface area contributed by atoms with Gasteiger partial charge in [-0.2, -0.15) is 0 Å². The Morgan fingerprint density at radius 2 is 1.86 bits per heavy atom. The zero-order valence-electron chi connectivity index (χ0n) is 21.2. The summed E-state index contributed by atoms with van der Waals surface area (Å²) >= 11 is 0. The van der Waals surface area contributed by atoms with Crippen LogP contribution in [0.15, 0.2) is 70.9 Å². The molecule has 1 aliphatic rings. The van der Waals surface area contributed by atoms with E-state index in [-0.39, 0.29) is 17.9 Å². The highest BCUT2D eigenvalue weighted by Crippen LogP contribution is 2.43. The molecule has 1 atom stereocenters. The minimum Gasteiger partial charge on any atom is -0.507 e. The number of furan rings is 1. The lowest BCUT2D eigenvalue weighted by Crippen LogP contribution is -2.29. The SMILES string of the molecule is CCCCOc1cccc(C(O)=C2C(=O)C(=O)N(Cc3ccco3)C2c2ccc(OCC)c(OC)c2)c1. The molecule has 0 bridgehead atoms. The third-order valence-electron chi connectivity index (χ3n) is 6.12. The van der Waals surface area contributed by atoms with Gasteiger partial charge in [-0.3, -0.25) is 9.59 Å². The first-order chi connectivity index (χ1) is 18.0. The lowest BCUT2D eigenvalue weighted by atomic mass is 9.95. The van der Waals surface area contributed by atoms with E-state index in [0.717, 1.165) is 12.8 Å². The van der Waals surface area contributed by atoms with Crippen LogP contribution in [0.3, 0.4) is 0 Å². The van der Waals surface area contributed by atoms with Gasteiger partial charge in [-0.1, -0.05) is 31.5 Å². The van der Waals surface area contributed by atoms with Gasteiger partial charge in [-0.15, -0.1) is 0 Å². The molecule has 0 radical (unpaired) electrons. The van der Waals surface area contributed by atoms with Crippen LogP contribution in [0.2, 0.25) is 0 Å². The van der Waals surface area contributed by atoms with Crippen molar-refractivity contribution in [1.29, 1.82) is 0 Å². The molecule has 0 spiro atoms. The number of carbonyl (C=O) groups is 2. The Bertz CT molecular complexity index is 1280. The van der Waals surface area contributed by atoms with E-state index in [2.05, 4.69) is 6.92 Å². The van der Waals surface area contributed by atoms with Gasteiger partial charge in [0.15, 0.2) is 11.5 Å². The summed E-state index contributed by atoms with van der Waals surface area (Å²) in [6.45, 7) is 4.98. The lowest BCUT2D eigenvalue weighted by Gasteiger charge is -2.25. The third-order valence-corrected chi connectivity index (χ3v) is 6.12. The second-order valence-electron chi connectivity index (χ2n) is 8.58. The van der Waals surface area contributed by atoms with Crippen LogP contribution in [0.5, 0.6) is 17.2 Å². The molecule has 1 unspecified atom stereocenters. The van der Waals surface area contributed by atoms with Crippen LogP contribution in [0.25, 0.3) is 5.76 Å². The molecule has 1 saturated heterocycles. The summed E-state index contributed by atoms with van der Waals surface area (Å²) in [7, 11) is 1.52. The number of methoxy groups -OCH3 is 1. The topological polar surface area (TPSA) is 98.4 Å². The molecule has 1 aliphatic heterocycles. The molecule has 194 valence electrons. The number of aliphatic hydroxyl groups is 1. The fourth-order valence-electron chi connectivity index (χ4n) is 4.31. The molecule has 0 saturated carbocycles. The number of ether oxygens (including phenoxy) is 3. The fourth-order valence-corrected chi connectivity index (χ4v) is 4.31. The molecule has 2 heterocycles. The number of carbonyl (C=O) groups excluding carboxylic acids is 2. The predicted octanol–water partition coefficient (Wildman–Crippen LogP) is 5.49. The van der Waals surface area contributed by atoms with E-state index >= 15 is 0 Å². The highest BCUT2D eigenvalue weighted by atomic mass is 16.5. The summed E-state index contributed by atoms with van der Waals surface area (Å²) in [6, 6.07) is 14.6. The van der Waals surface area contributed by atoms with Crippen LogP contribution < -0.4 is 14.2 Å². The molecule has 1 amide bonds. The van der Waals surface area contributed by atoms with Crippen molar-refractivity contribution < 1.29 is 33.3 Å². The summed E-state index contributed by atoms with van der Waals surface area (Å²) < 4.78 is 22.4. The van der Waals surface area contributed by atoms with Crippen molar-refractivity contribution in [2.75, 3.05) is 20.3 Å². The number of benzene rings is 2. The molecular formula is C29H31NO7. The molecule has 1 aromatic heterocycles. The average Bonchev–Trinajstić information content (AvgIpc) is 3.51. The number of Topliss-reactive ketones (excluding diaryl/α,β-unsaturated/α-hetero) is 1. The summed E-state index contributed by atoms with van der Waals surface area (Å²) in [5.74, 6) is 0.282. The van der Waals surface area contributed by atoms with Crippen molar-refractivity contribution in [2.45, 2.75) is 39.3 Å². The van der Waals surface area contributed by atoms with E-state index in [9.17, 15) is 14.7 Å². The van der Waals surface area contributed by atoms with Crippen LogP contribution in [-0.4, -0.2) is 42.0 Å². The summed E-state index contributed by atoms with van der Waals surface area (Å²) in [5, 5.41) is 11.4. The van der Waals surface area contributed by atoms with E-state index in [1.54, 1.807) is 54.6 Å². The van der Waals surface area contributed by atoms with Gasteiger partial charge in [0.05, 0.1) is 44.7 Å². The molecular weight excluding hydrogens is 474 g/mol. The molecule has 37 heavy (non-hydrogen) atoms. The fraction of sp³-hybridized carbons (Fsp3) is 0.310. The minimum atomic E-state index is -0.876. The maximum atomic E-state index is 13.3. The highest BCUT2D eigenvalue weighted by Gasteiger charge is 2.46. The Kier molecular flexibility index (Phi) is 8.18. The lowest BCUT2D eigenvalue weighted by molar-refractivity contribution is -0.140. The summed E-state index contributed by atoms with van der Waals surface area (Å²) in [4.78, 5) is 28.0. The van der Waals surface area contributed by atoms with E-state index < -0.39 is 17.7 Å². The zero-order valence-corrected chi connectivity index (χ0v) is 21.2. The predicted molar refractivity (Wildman–Crippen MR) is 138 cm³/mol. The second-order valence-corrected chi connectivity index (χ2v) is 8.58. The van der Waals surface area contributed by atoms with Crippen LogP contribution in [0.4, 0.5) is 0 Å². The number of ketones is 1. The van der Waals surface area contributed by atoms with Gasteiger partial charge >= 0.3 is 0 Å². The Morgan fingerprint density at radius 1 is 1.03 bits per heavy atom. The van der Waals surface area contributed by atoms with E-state index in [4.69, 9.17) is 18.6 Å². The molecule has 0 aliphatic carbocycles. The maximum Gasteiger partial charge on any atom is 0.296 e. The van der Waals surface area contributed by atoms with E-state index in [0.29, 0.717) is 47.3 Å². The Morgan fingerprint density at radius 3 is 2.57 bits per heavy atom. The first-order valence-corrected chi connectivity index (χ1v) is 12.3. The van der Waals surface area contributed by atoms with Gasteiger partial charge in [0.25, 0.3) is 11.7 Å². The van der Waals surface area contributed by atoms with Crippen LogP contribution >= 0.6 is 0 Å². The van der Waals surface area contributed by atoms with E-state index in [1.807, 2.05) is 6.92 Å². The van der Waals surface area contributed by atoms with E-state index in [1.165, 1.54) is 18.3 Å². The van der Waals surface area contributed by atoms with Crippen molar-refractivity contribution in [3.63, 3.8) is 0 Å². The van der Waals surface area contributed by atoms with Gasteiger partial charge < -0.3 is 28.6 Å². The van der Waals surface area contributed by atoms with Crippen LogP contribution in [-0.2, 0) is 16.1 Å². The maximum absolute atomic E-state index is 13.3. The number of nitrogens with zero attached hydrogens (tertiary/aromatic N) is 1. The first-order valence-electron chi connectivity index (χ1n) is 12.3. The van der Waals surface area contributed by atoms with Gasteiger partial charge in [0.1, 0.15) is 17.3 Å². The normalized spacial score (nSPS) is 16.7. The minimum absolute atomic E-state index is 0.0199. The average molecular weight is 506 g/mol. The molecule has 1 fully saturated rings. The van der Waals surface area contributed by atoms with Crippen molar-refractivity contribution >= 4 is 17.4 Å². The number of unbranched alkanes of at least 4 members (excludes halogenated alkanes) is 1. The number of hydrogen-bond donors (Lipinski definition) is 1. The highest BCUT2D eigenvalue weighted by molar-refractivity contribution is 6.46. The zero-order chi connectivity index (χ0) is 26.4. The Hall–Kier alpha value is -4.20. The van der Waals surface area contributed by atoms with Gasteiger partial charge in [0, 0.05) is 5.56 Å². The number of hydrogen-bond acceptors (Lipinski definition) is 7. The molecule has 1 N–H and O–H groups in total. The number of rotatable bonds is 11. The molecule has 8 nitrogen and oxygen atoms in total. The Balaban J connectivity index is 1.82. The molecule has 4 rings (SSSR count). The number of aliphatic hydroxyl groups excluding tert-OH is 1. The smallest absolute Gasteiger partial charge is 0.296 e. The second kappa shape index (κ2) is 11.7. The Labute approximate surface area is 216 Å². The monoisotopic (exact) mass is 505 g/mol. The quantitative estimate of drug-likeness (QED) is 0.159. The van der Waals surface area contributed by atoms with Crippen molar-refractivity contribution in [3.05, 3.63) is 83.3 Å². The van der Waals surface area contributed by atoms with Gasteiger partial charge in [0.2, 0.25) is 0 Å². The van der Waals surface area contributed by atoms with Gasteiger partial charge in [-0.25, -0.2) is 0 Å². The molecule has 3 aromatic rings. The standard InChI is InChI=1S/C29H31NO7/c1-4-6-14-36-21-10-7-9-20(16-21)27(31)25-26(19-12-13-23(35-5-2)24(17-19)34-3)30(29(33)28(25)32)18-22-11-8-15-37-22/h7-13,15-17,26,31H,4-6,14,18H2,1-3H3. The van der Waals surface area contributed by atoms with Crippen molar-refractivity contribution in [1.82, 2.24) is 4.90 Å². The molecule has 2 aromatic carbocycles. The van der Waals surface area contributed by atoms with Gasteiger partial charge in [-0.05, 0) is 55.3 Å². The summed E-state index contributed by atoms with van der Waals surface area (Å²) in [6.07, 6.45) is 3.39. The summed E-state index contributed by atoms with van der Waals surface area (Å²) in [5.41, 5.74) is 0.948. The van der Waals surface area contributed by atoms with Crippen molar-refractivity contribution in [3.8, 4) is 17.2 Å². The van der Waals surface area contributed by atoms with Crippen LogP contribution in [0.1, 0.15) is 49.6 Å². The van der Waals surface area contributed by atoms with Crippen LogP contribution in [0, 0.1) is 0 Å². The third kappa shape index (κ3) is 5.48. The number of likely N-dealkylation sites (tertiary alicyclic amines) is 1. The molecule has 8 heteroatoms. The first kappa shape index (κ1) is 25.9. The largest absolute Gasteiger partial charge is 0.507 e. The number of amides is 1.